The van der Waals surface area contributed by atoms with E-state index in [-0.39, 0.29) is 48.3 Å². The maximum Gasteiger partial charge on any atom is 0.246 e. The van der Waals surface area contributed by atoms with Gasteiger partial charge >= 0.3 is 0 Å². The fourth-order valence-electron chi connectivity index (χ4n) is 10.1. The number of hydrogen-bond acceptors (Lipinski definition) is 14. The molecule has 0 bridgehead atoms. The summed E-state index contributed by atoms with van der Waals surface area (Å²) in [4.78, 5) is 75.2. The predicted molar refractivity (Wildman–Crippen MR) is 279 cm³/mol. The van der Waals surface area contributed by atoms with Gasteiger partial charge in [-0.15, -0.1) is 11.3 Å². The van der Waals surface area contributed by atoms with Crippen molar-refractivity contribution in [3.8, 4) is 16.2 Å². The van der Waals surface area contributed by atoms with Gasteiger partial charge in [0, 0.05) is 62.4 Å². The Labute approximate surface area is 430 Å². The van der Waals surface area contributed by atoms with Gasteiger partial charge in [-0.1, -0.05) is 69.3 Å². The molecule has 8 rings (SSSR count). The molecule has 0 unspecified atom stereocenters. The van der Waals surface area contributed by atoms with Crippen molar-refractivity contribution in [2.75, 3.05) is 49.5 Å². The van der Waals surface area contributed by atoms with Crippen LogP contribution < -0.4 is 31.3 Å². The Morgan fingerprint density at radius 1 is 1.01 bits per heavy atom. The van der Waals surface area contributed by atoms with E-state index in [9.17, 15) is 24.3 Å². The molecule has 3 saturated heterocycles. The van der Waals surface area contributed by atoms with Crippen LogP contribution >= 0.6 is 34.7 Å². The Hall–Kier alpha value is -5.01. The van der Waals surface area contributed by atoms with Crippen molar-refractivity contribution >= 4 is 69.8 Å². The van der Waals surface area contributed by atoms with E-state index in [1.165, 1.54) is 23.6 Å². The minimum atomic E-state index is -0.926. The van der Waals surface area contributed by atoms with Gasteiger partial charge in [0.1, 0.15) is 28.7 Å². The second-order valence-corrected chi connectivity index (χ2v) is 23.6. The van der Waals surface area contributed by atoms with E-state index in [0.717, 1.165) is 69.1 Å². The number of aliphatic hydroxyl groups is 1. The fraction of sp³-hybridized carbons (Fsp3) is 0.558. The molecular formula is C52H69ClN10O6S2. The number of carbonyl (C=O) groups is 4. The highest BCUT2D eigenvalue weighted by Crippen LogP contribution is 2.40. The normalized spacial score (nSPS) is 22.3. The lowest BCUT2D eigenvalue weighted by molar-refractivity contribution is -0.144. The van der Waals surface area contributed by atoms with Crippen LogP contribution in [0.5, 0.6) is 5.75 Å². The highest BCUT2D eigenvalue weighted by Gasteiger charge is 2.45. The topological polar surface area (TPSA) is 208 Å². The van der Waals surface area contributed by atoms with Gasteiger partial charge in [-0.3, -0.25) is 19.2 Å². The van der Waals surface area contributed by atoms with Gasteiger partial charge < -0.3 is 46.2 Å². The number of carbonyl (C=O) groups excluding carboxylic acids is 4. The number of nitrogens with one attached hydrogen (secondary N) is 3. The molecule has 1 saturated carbocycles. The Balaban J connectivity index is 0.850. The summed E-state index contributed by atoms with van der Waals surface area (Å²) in [7, 11) is 0. The summed E-state index contributed by atoms with van der Waals surface area (Å²) >= 11 is 9.96. The number of nitrogens with zero attached hydrogens (tertiary/aromatic N) is 6. The number of aliphatic hydroxyl groups excluding tert-OH is 1. The number of halogens is 1. The monoisotopic (exact) mass is 1030 g/mol. The van der Waals surface area contributed by atoms with Crippen LogP contribution in [0.15, 0.2) is 64.2 Å². The lowest BCUT2D eigenvalue weighted by atomic mass is 9.80. The first-order valence-corrected chi connectivity index (χ1v) is 26.9. The number of ether oxygens (including phenoxy) is 1. The van der Waals surface area contributed by atoms with Gasteiger partial charge in [-0.25, -0.2) is 15.0 Å². The molecule has 6 N–H and O–H groups in total. The largest absolute Gasteiger partial charge is 0.490 e. The van der Waals surface area contributed by atoms with Crippen LogP contribution in [0.25, 0.3) is 10.4 Å². The summed E-state index contributed by atoms with van der Waals surface area (Å²) in [5.74, 6) is 0.389. The lowest BCUT2D eigenvalue weighted by Crippen LogP contribution is -2.58. The van der Waals surface area contributed by atoms with E-state index in [0.29, 0.717) is 56.1 Å². The van der Waals surface area contributed by atoms with Crippen LogP contribution in [-0.2, 0) is 19.2 Å². The number of thiazole rings is 1. The van der Waals surface area contributed by atoms with Crippen LogP contribution in [-0.4, -0.2) is 123 Å². The number of rotatable bonds is 15. The highest BCUT2D eigenvalue weighted by atomic mass is 35.5. The van der Waals surface area contributed by atoms with Gasteiger partial charge in [0.05, 0.1) is 63.5 Å². The third-order valence-electron chi connectivity index (χ3n) is 14.6. The van der Waals surface area contributed by atoms with Crippen molar-refractivity contribution in [1.82, 2.24) is 35.4 Å². The molecule has 1 aliphatic carbocycles. The maximum atomic E-state index is 14.0. The summed E-state index contributed by atoms with van der Waals surface area (Å²) in [6, 6.07) is 9.61. The van der Waals surface area contributed by atoms with Crippen molar-refractivity contribution in [1.29, 1.82) is 0 Å². The molecule has 4 amide bonds. The van der Waals surface area contributed by atoms with Gasteiger partial charge in [0.25, 0.3) is 0 Å². The second kappa shape index (κ2) is 22.0. The van der Waals surface area contributed by atoms with Crippen molar-refractivity contribution < 1.29 is 29.0 Å². The van der Waals surface area contributed by atoms with E-state index in [1.54, 1.807) is 17.5 Å². The maximum absolute atomic E-state index is 14.0. The zero-order valence-electron chi connectivity index (χ0n) is 41.9. The van der Waals surface area contributed by atoms with E-state index in [4.69, 9.17) is 32.0 Å². The number of likely N-dealkylation sites (tertiary alicyclic amines) is 2. The molecule has 4 fully saturated rings. The molecule has 4 aliphatic rings. The van der Waals surface area contributed by atoms with Crippen LogP contribution in [0.1, 0.15) is 104 Å². The minimum Gasteiger partial charge on any atom is -0.490 e. The summed E-state index contributed by atoms with van der Waals surface area (Å²) < 4.78 is 6.81. The van der Waals surface area contributed by atoms with Crippen molar-refractivity contribution in [3.05, 3.63) is 70.6 Å². The average molecular weight is 1030 g/mol. The van der Waals surface area contributed by atoms with Crippen molar-refractivity contribution in [3.63, 3.8) is 0 Å². The molecule has 3 aliphatic heterocycles. The van der Waals surface area contributed by atoms with Crippen LogP contribution in [0.2, 0.25) is 5.02 Å². The molecule has 4 aromatic rings. The van der Waals surface area contributed by atoms with Gasteiger partial charge in [0.15, 0.2) is 0 Å². The molecule has 382 valence electrons. The number of aryl methyl sites for hydroxylation is 1. The zero-order chi connectivity index (χ0) is 50.8. The predicted octanol–water partition coefficient (Wildman–Crippen LogP) is 7.23. The fourth-order valence-corrected chi connectivity index (χ4v) is 12.0. The number of benzene rings is 2. The van der Waals surface area contributed by atoms with Gasteiger partial charge in [-0.2, -0.15) is 0 Å². The Bertz CT molecular complexity index is 2550. The molecule has 4 atom stereocenters. The number of nitrogens with two attached hydrogens (primary N) is 1. The number of anilines is 2. The Kier molecular flexibility index (Phi) is 16.2. The van der Waals surface area contributed by atoms with Crippen molar-refractivity contribution in [2.45, 2.75) is 140 Å². The summed E-state index contributed by atoms with van der Waals surface area (Å²) in [5.41, 5.74) is 10.8. The van der Waals surface area contributed by atoms with Crippen molar-refractivity contribution in [2.24, 2.45) is 22.5 Å². The molecule has 2 aromatic carbocycles. The standard InChI is InChI=1S/C52H69ClN10O6S2/c1-30(58-48(66)40-22-36(65)27-63(40)50(68)47(51(4,5)6)59-32(3)64)38-16-13-34(46-31(2)57-29-70-46)21-41(38)69-37-14-11-33(12-15-37)49(67)62-25-35(26-62)60-39-9-8-10-42(45(39)53)71-44-24-55-43(23-56-44)61-19-17-52(7,28-54)18-20-61/h8-10,13,16,21,23-24,29-30,33,35-37,40,47,60,65H,11-12,14-15,17-20,22,25-28,54H2,1-7H3,(H,58,66)(H,59,64)/t30-,33?,36+,37?,40-,47+/m0/s1. The average Bonchev–Trinajstić information content (AvgIpc) is 3.95. The smallest absolute Gasteiger partial charge is 0.246 e. The molecule has 5 heterocycles. The number of β-amino-alcohol motifs (C(OH)–C–C–N with tert-alkyl or cyclic N) is 1. The summed E-state index contributed by atoms with van der Waals surface area (Å²) in [6.07, 6.45) is 7.51. The van der Waals surface area contributed by atoms with E-state index >= 15 is 0 Å². The first kappa shape index (κ1) is 52.3. The molecule has 0 radical (unpaired) electrons. The van der Waals surface area contributed by atoms with Crippen LogP contribution in [0.3, 0.4) is 0 Å². The quantitative estimate of drug-likeness (QED) is 0.0798. The number of hydrogen-bond donors (Lipinski definition) is 5. The SMILES string of the molecule is CC(=O)N[C@H](C(=O)N1C[C@H](O)C[C@H]1C(=O)N[C@@H](C)c1ccc(-c2scnc2C)cc1OC1CCC(C(=O)N2CC(Nc3cccc(Sc4cnc(N5CCC(C)(CN)CC5)cn4)c3Cl)C2)CC1)C(C)(C)C. The lowest BCUT2D eigenvalue weighted by Gasteiger charge is -2.43. The number of amides is 4. The Morgan fingerprint density at radius 2 is 1.75 bits per heavy atom. The summed E-state index contributed by atoms with van der Waals surface area (Å²) in [6.45, 7) is 16.7. The molecule has 2 aromatic heterocycles. The van der Waals surface area contributed by atoms with E-state index < -0.39 is 41.5 Å². The molecule has 71 heavy (non-hydrogen) atoms. The highest BCUT2D eigenvalue weighted by molar-refractivity contribution is 7.99. The zero-order valence-corrected chi connectivity index (χ0v) is 44.3. The van der Waals surface area contributed by atoms with Crippen LogP contribution in [0.4, 0.5) is 11.5 Å². The second-order valence-electron chi connectivity index (χ2n) is 21.3. The third kappa shape index (κ3) is 12.3. The third-order valence-corrected chi connectivity index (χ3v) is 17.1. The van der Waals surface area contributed by atoms with Crippen LogP contribution in [0, 0.1) is 23.7 Å². The molecule has 0 spiro atoms. The number of piperidine rings is 1. The molecule has 19 heteroatoms. The van der Waals surface area contributed by atoms with Gasteiger partial charge in [0.2, 0.25) is 23.6 Å². The van der Waals surface area contributed by atoms with E-state index in [2.05, 4.69) is 32.8 Å². The Morgan fingerprint density at radius 3 is 2.38 bits per heavy atom. The first-order chi connectivity index (χ1) is 33.8. The molecule has 16 nitrogen and oxygen atoms in total. The van der Waals surface area contributed by atoms with Gasteiger partial charge in [-0.05, 0) is 93.5 Å². The molecular weight excluding hydrogens is 960 g/mol. The first-order valence-electron chi connectivity index (χ1n) is 24.8. The summed E-state index contributed by atoms with van der Waals surface area (Å²) in [5, 5.41) is 21.5. The number of aromatic nitrogens is 3. The van der Waals surface area contributed by atoms with E-state index in [1.807, 2.05) is 87.6 Å². The minimum absolute atomic E-state index is 0.0128.